The summed E-state index contributed by atoms with van der Waals surface area (Å²) in [6.07, 6.45) is 1.47. The molecule has 4 nitrogen and oxygen atoms in total. The van der Waals surface area contributed by atoms with E-state index in [4.69, 9.17) is 4.52 Å². The Morgan fingerprint density at radius 2 is 1.95 bits per heavy atom. The summed E-state index contributed by atoms with van der Waals surface area (Å²) in [6.45, 7) is 0.856. The van der Waals surface area contributed by atoms with Crippen molar-refractivity contribution in [1.29, 1.82) is 0 Å². The summed E-state index contributed by atoms with van der Waals surface area (Å²) >= 11 is 0. The predicted octanol–water partition coefficient (Wildman–Crippen LogP) is 2.58. The number of rotatable bonds is 5. The molecule has 1 heterocycles. The Balaban J connectivity index is 1.76. The molecule has 0 saturated carbocycles. The van der Waals surface area contributed by atoms with Gasteiger partial charge in [-0.1, -0.05) is 47.6 Å². The number of fused-ring (bicyclic) bond motifs is 1. The molecule has 0 atom stereocenters. The number of hydrogen-bond donors (Lipinski definition) is 1. The predicted molar refractivity (Wildman–Crippen MR) is 78.7 cm³/mol. The van der Waals surface area contributed by atoms with E-state index in [1.54, 1.807) is 0 Å². The number of hydrogen-bond acceptors (Lipinski definition) is 4. The summed E-state index contributed by atoms with van der Waals surface area (Å²) in [7, 11) is 1.91. The molecule has 0 radical (unpaired) electrons. The van der Waals surface area contributed by atoms with Gasteiger partial charge in [0.25, 0.3) is 0 Å². The van der Waals surface area contributed by atoms with Crippen molar-refractivity contribution in [2.75, 3.05) is 13.6 Å². The Hall–Kier alpha value is -2.20. The minimum absolute atomic E-state index is 0.673. The zero-order valence-electron chi connectivity index (χ0n) is 11.5. The third kappa shape index (κ3) is 2.86. The molecule has 1 aromatic heterocycles. The van der Waals surface area contributed by atoms with Crippen LogP contribution in [0, 0.1) is 0 Å². The monoisotopic (exact) mass is 267 g/mol. The fraction of sp³-hybridized carbons (Fsp3) is 0.250. The molecule has 2 aromatic carbocycles. The molecule has 102 valence electrons. The molecular weight excluding hydrogens is 250 g/mol. The molecule has 3 rings (SSSR count). The summed E-state index contributed by atoms with van der Waals surface area (Å²) in [6, 6.07) is 14.7. The Morgan fingerprint density at radius 3 is 2.80 bits per heavy atom. The fourth-order valence-electron chi connectivity index (χ4n) is 2.22. The Labute approximate surface area is 117 Å². The first kappa shape index (κ1) is 12.8. The van der Waals surface area contributed by atoms with Gasteiger partial charge in [-0.3, -0.25) is 0 Å². The second kappa shape index (κ2) is 5.84. The van der Waals surface area contributed by atoms with Gasteiger partial charge in [-0.25, -0.2) is 0 Å². The van der Waals surface area contributed by atoms with Crippen LogP contribution in [0.5, 0.6) is 0 Å². The maximum Gasteiger partial charge on any atom is 0.231 e. The molecule has 0 aliphatic rings. The summed E-state index contributed by atoms with van der Waals surface area (Å²) in [5.41, 5.74) is 1.19. The topological polar surface area (TPSA) is 51.0 Å². The summed E-state index contributed by atoms with van der Waals surface area (Å²) in [5.74, 6) is 1.43. The van der Waals surface area contributed by atoms with Crippen LogP contribution >= 0.6 is 0 Å². The van der Waals surface area contributed by atoms with Crippen molar-refractivity contribution in [1.82, 2.24) is 15.5 Å². The van der Waals surface area contributed by atoms with E-state index in [-0.39, 0.29) is 0 Å². The Kier molecular flexibility index (Phi) is 3.74. The molecular formula is C16H17N3O. The Bertz CT molecular complexity index is 706. The van der Waals surface area contributed by atoms with Crippen molar-refractivity contribution >= 4 is 10.8 Å². The van der Waals surface area contributed by atoms with Crippen molar-refractivity contribution in [2.24, 2.45) is 0 Å². The average Bonchev–Trinajstić information content (AvgIpc) is 2.92. The first-order valence-corrected chi connectivity index (χ1v) is 6.79. The van der Waals surface area contributed by atoms with Gasteiger partial charge >= 0.3 is 0 Å². The molecule has 0 bridgehead atoms. The molecule has 0 amide bonds. The third-order valence-electron chi connectivity index (χ3n) is 3.28. The van der Waals surface area contributed by atoms with Crippen LogP contribution in [0.2, 0.25) is 0 Å². The van der Waals surface area contributed by atoms with Crippen LogP contribution in [0.3, 0.4) is 0 Å². The first-order valence-electron chi connectivity index (χ1n) is 6.79. The standard InChI is InChI=1S/C16H17N3O/c1-17-9-8-15-18-16(20-19-15)11-12-6-7-13-4-2-3-5-14(13)10-12/h2-7,10,17H,8-9,11H2,1H3. The highest BCUT2D eigenvalue weighted by molar-refractivity contribution is 5.83. The maximum absolute atomic E-state index is 5.29. The highest BCUT2D eigenvalue weighted by atomic mass is 16.5. The van der Waals surface area contributed by atoms with E-state index < -0.39 is 0 Å². The van der Waals surface area contributed by atoms with Gasteiger partial charge in [0.05, 0.1) is 6.42 Å². The van der Waals surface area contributed by atoms with E-state index in [9.17, 15) is 0 Å². The number of nitrogens with one attached hydrogen (secondary N) is 1. The van der Waals surface area contributed by atoms with Crippen LogP contribution in [0.15, 0.2) is 47.0 Å². The lowest BCUT2D eigenvalue weighted by Gasteiger charge is -2.00. The zero-order chi connectivity index (χ0) is 13.8. The van der Waals surface area contributed by atoms with Gasteiger partial charge in [0, 0.05) is 13.0 Å². The lowest BCUT2D eigenvalue weighted by atomic mass is 10.1. The molecule has 20 heavy (non-hydrogen) atoms. The lowest BCUT2D eigenvalue weighted by molar-refractivity contribution is 0.379. The fourth-order valence-corrected chi connectivity index (χ4v) is 2.22. The summed E-state index contributed by atoms with van der Waals surface area (Å²) < 4.78 is 5.29. The number of nitrogens with zero attached hydrogens (tertiary/aromatic N) is 2. The van der Waals surface area contributed by atoms with E-state index in [0.717, 1.165) is 18.8 Å². The highest BCUT2D eigenvalue weighted by Crippen LogP contribution is 2.17. The molecule has 0 spiro atoms. The average molecular weight is 267 g/mol. The van der Waals surface area contributed by atoms with Crippen LogP contribution < -0.4 is 5.32 Å². The van der Waals surface area contributed by atoms with Crippen molar-refractivity contribution in [2.45, 2.75) is 12.8 Å². The molecule has 0 unspecified atom stereocenters. The Morgan fingerprint density at radius 1 is 1.10 bits per heavy atom. The molecule has 4 heteroatoms. The van der Waals surface area contributed by atoms with E-state index in [1.165, 1.54) is 16.3 Å². The molecule has 0 aliphatic carbocycles. The van der Waals surface area contributed by atoms with Crippen molar-refractivity contribution in [3.05, 3.63) is 59.7 Å². The van der Waals surface area contributed by atoms with Crippen molar-refractivity contribution in [3.8, 4) is 0 Å². The van der Waals surface area contributed by atoms with Gasteiger partial charge in [0.15, 0.2) is 5.82 Å². The van der Waals surface area contributed by atoms with E-state index in [2.05, 4.69) is 51.9 Å². The minimum atomic E-state index is 0.673. The summed E-state index contributed by atoms with van der Waals surface area (Å²) in [4.78, 5) is 4.41. The quantitative estimate of drug-likeness (QED) is 0.772. The van der Waals surface area contributed by atoms with Gasteiger partial charge < -0.3 is 9.84 Å². The summed E-state index contributed by atoms with van der Waals surface area (Å²) in [5, 5.41) is 9.54. The number of aromatic nitrogens is 2. The SMILES string of the molecule is CNCCc1noc(Cc2ccc3ccccc3c2)n1. The molecule has 0 saturated heterocycles. The van der Waals surface area contributed by atoms with Gasteiger partial charge in [-0.2, -0.15) is 4.98 Å². The molecule has 3 aromatic rings. The number of benzene rings is 2. The largest absolute Gasteiger partial charge is 0.339 e. The second-order valence-electron chi connectivity index (χ2n) is 4.82. The highest BCUT2D eigenvalue weighted by Gasteiger charge is 2.07. The van der Waals surface area contributed by atoms with E-state index in [1.807, 2.05) is 13.1 Å². The van der Waals surface area contributed by atoms with Crippen LogP contribution in [-0.2, 0) is 12.8 Å². The van der Waals surface area contributed by atoms with Gasteiger partial charge in [0.1, 0.15) is 0 Å². The lowest BCUT2D eigenvalue weighted by Crippen LogP contribution is -2.11. The minimum Gasteiger partial charge on any atom is -0.339 e. The van der Waals surface area contributed by atoms with Crippen LogP contribution in [0.4, 0.5) is 0 Å². The van der Waals surface area contributed by atoms with Crippen LogP contribution in [0.1, 0.15) is 17.3 Å². The zero-order valence-corrected chi connectivity index (χ0v) is 11.5. The van der Waals surface area contributed by atoms with Crippen molar-refractivity contribution < 1.29 is 4.52 Å². The second-order valence-corrected chi connectivity index (χ2v) is 4.82. The molecule has 0 aliphatic heterocycles. The third-order valence-corrected chi connectivity index (χ3v) is 3.28. The van der Waals surface area contributed by atoms with Gasteiger partial charge in [-0.05, 0) is 23.4 Å². The van der Waals surface area contributed by atoms with Gasteiger partial charge in [-0.15, -0.1) is 0 Å². The van der Waals surface area contributed by atoms with Crippen LogP contribution in [-0.4, -0.2) is 23.7 Å². The number of likely N-dealkylation sites (N-methyl/N-ethyl adjacent to an activating group) is 1. The smallest absolute Gasteiger partial charge is 0.231 e. The maximum atomic E-state index is 5.29. The van der Waals surface area contributed by atoms with Gasteiger partial charge in [0.2, 0.25) is 5.89 Å². The van der Waals surface area contributed by atoms with Crippen molar-refractivity contribution in [3.63, 3.8) is 0 Å². The van der Waals surface area contributed by atoms with Crippen LogP contribution in [0.25, 0.3) is 10.8 Å². The first-order chi connectivity index (χ1) is 9.85. The van der Waals surface area contributed by atoms with E-state index in [0.29, 0.717) is 12.3 Å². The normalized spacial score (nSPS) is 11.1. The molecule has 0 fully saturated rings. The molecule has 1 N–H and O–H groups in total. The van der Waals surface area contributed by atoms with E-state index >= 15 is 0 Å².